The number of nitrogens with one attached hydrogen (secondary N) is 1. The SMILES string of the molecule is CC1CCN(C(=O)c2cc(Nc3ccc(N4CCCC4)cc3)ccn2)CC1. The van der Waals surface area contributed by atoms with Crippen LogP contribution in [0.1, 0.15) is 43.1 Å². The molecule has 0 unspecified atom stereocenters. The van der Waals surface area contributed by atoms with E-state index in [1.807, 2.05) is 17.0 Å². The molecule has 0 atom stereocenters. The fourth-order valence-electron chi connectivity index (χ4n) is 3.90. The van der Waals surface area contributed by atoms with Crippen molar-refractivity contribution in [2.24, 2.45) is 5.92 Å². The van der Waals surface area contributed by atoms with E-state index in [0.29, 0.717) is 11.6 Å². The van der Waals surface area contributed by atoms with Crippen LogP contribution in [-0.4, -0.2) is 42.0 Å². The number of nitrogens with zero attached hydrogens (tertiary/aromatic N) is 3. The molecule has 1 amide bonds. The number of benzene rings is 1. The van der Waals surface area contributed by atoms with Crippen molar-refractivity contribution in [1.82, 2.24) is 9.88 Å². The zero-order valence-corrected chi connectivity index (χ0v) is 16.0. The Balaban J connectivity index is 1.42. The largest absolute Gasteiger partial charge is 0.372 e. The quantitative estimate of drug-likeness (QED) is 0.879. The molecule has 0 aliphatic carbocycles. The highest BCUT2D eigenvalue weighted by Crippen LogP contribution is 2.24. The van der Waals surface area contributed by atoms with Crippen molar-refractivity contribution in [3.63, 3.8) is 0 Å². The van der Waals surface area contributed by atoms with Gasteiger partial charge in [0.1, 0.15) is 5.69 Å². The molecule has 1 aromatic heterocycles. The van der Waals surface area contributed by atoms with Crippen molar-refractivity contribution in [3.8, 4) is 0 Å². The summed E-state index contributed by atoms with van der Waals surface area (Å²) >= 11 is 0. The van der Waals surface area contributed by atoms with Gasteiger partial charge in [-0.15, -0.1) is 0 Å². The van der Waals surface area contributed by atoms with Crippen LogP contribution in [0.4, 0.5) is 17.1 Å². The maximum atomic E-state index is 12.7. The van der Waals surface area contributed by atoms with E-state index in [-0.39, 0.29) is 5.91 Å². The summed E-state index contributed by atoms with van der Waals surface area (Å²) in [5.41, 5.74) is 3.72. The van der Waals surface area contributed by atoms with Crippen molar-refractivity contribution in [3.05, 3.63) is 48.3 Å². The molecule has 2 aliphatic rings. The zero-order valence-electron chi connectivity index (χ0n) is 16.0. The minimum atomic E-state index is 0.0370. The predicted molar refractivity (Wildman–Crippen MR) is 110 cm³/mol. The lowest BCUT2D eigenvalue weighted by atomic mass is 9.99. The first-order chi connectivity index (χ1) is 13.2. The summed E-state index contributed by atoms with van der Waals surface area (Å²) in [5.74, 6) is 0.744. The number of piperidine rings is 1. The van der Waals surface area contributed by atoms with Crippen molar-refractivity contribution < 1.29 is 4.79 Å². The summed E-state index contributed by atoms with van der Waals surface area (Å²) in [4.78, 5) is 21.4. The van der Waals surface area contributed by atoms with Gasteiger partial charge in [-0.2, -0.15) is 0 Å². The first-order valence-corrected chi connectivity index (χ1v) is 10.1. The molecule has 2 fully saturated rings. The highest BCUT2D eigenvalue weighted by molar-refractivity contribution is 5.93. The molecule has 1 N–H and O–H groups in total. The number of aromatic nitrogens is 1. The Kier molecular flexibility index (Phi) is 5.28. The first-order valence-electron chi connectivity index (χ1n) is 10.1. The van der Waals surface area contributed by atoms with Crippen LogP contribution in [0.25, 0.3) is 0 Å². The van der Waals surface area contributed by atoms with Gasteiger partial charge in [-0.05, 0) is 68.0 Å². The van der Waals surface area contributed by atoms with Crippen LogP contribution in [0.5, 0.6) is 0 Å². The molecule has 0 saturated carbocycles. The summed E-state index contributed by atoms with van der Waals surface area (Å²) < 4.78 is 0. The Morgan fingerprint density at radius 2 is 1.70 bits per heavy atom. The predicted octanol–water partition coefficient (Wildman–Crippen LogP) is 4.30. The van der Waals surface area contributed by atoms with E-state index in [9.17, 15) is 4.79 Å². The highest BCUT2D eigenvalue weighted by Gasteiger charge is 2.22. The fourth-order valence-corrected chi connectivity index (χ4v) is 3.90. The van der Waals surface area contributed by atoms with Gasteiger partial charge >= 0.3 is 0 Å². The number of likely N-dealkylation sites (tertiary alicyclic amines) is 1. The van der Waals surface area contributed by atoms with Gasteiger partial charge < -0.3 is 15.1 Å². The van der Waals surface area contributed by atoms with E-state index < -0.39 is 0 Å². The molecular formula is C22H28N4O. The molecule has 142 valence electrons. The van der Waals surface area contributed by atoms with Crippen molar-refractivity contribution >= 4 is 23.0 Å². The monoisotopic (exact) mass is 364 g/mol. The van der Waals surface area contributed by atoms with Crippen LogP contribution in [0.2, 0.25) is 0 Å². The molecule has 1 aromatic carbocycles. The van der Waals surface area contributed by atoms with Crippen LogP contribution in [0.15, 0.2) is 42.6 Å². The smallest absolute Gasteiger partial charge is 0.272 e. The molecule has 0 radical (unpaired) electrons. The van der Waals surface area contributed by atoms with E-state index >= 15 is 0 Å². The lowest BCUT2D eigenvalue weighted by molar-refractivity contribution is 0.0691. The normalized spacial score (nSPS) is 18.0. The lowest BCUT2D eigenvalue weighted by Gasteiger charge is -2.30. The fraction of sp³-hybridized carbons (Fsp3) is 0.455. The van der Waals surface area contributed by atoms with Crippen LogP contribution in [0.3, 0.4) is 0 Å². The Labute approximate surface area is 161 Å². The standard InChI is InChI=1S/C22H28N4O/c1-17-9-14-26(15-10-17)22(27)21-16-19(8-11-23-21)24-18-4-6-20(7-5-18)25-12-2-3-13-25/h4-8,11,16-17H,2-3,9-10,12-15H2,1H3,(H,23,24). The second-order valence-electron chi connectivity index (χ2n) is 7.77. The average Bonchev–Trinajstić information content (AvgIpc) is 3.24. The Morgan fingerprint density at radius 3 is 2.41 bits per heavy atom. The minimum Gasteiger partial charge on any atom is -0.372 e. The second-order valence-corrected chi connectivity index (χ2v) is 7.77. The molecule has 2 aliphatic heterocycles. The summed E-state index contributed by atoms with van der Waals surface area (Å²) in [6.07, 6.45) is 6.42. The van der Waals surface area contributed by atoms with Gasteiger partial charge in [-0.3, -0.25) is 9.78 Å². The highest BCUT2D eigenvalue weighted by atomic mass is 16.2. The molecule has 27 heavy (non-hydrogen) atoms. The Hall–Kier alpha value is -2.56. The minimum absolute atomic E-state index is 0.0370. The summed E-state index contributed by atoms with van der Waals surface area (Å²) in [6.45, 7) is 6.21. The Bertz CT molecular complexity index is 775. The number of hydrogen-bond donors (Lipinski definition) is 1. The molecule has 0 spiro atoms. The molecule has 2 saturated heterocycles. The van der Waals surface area contributed by atoms with Crippen LogP contribution < -0.4 is 10.2 Å². The van der Waals surface area contributed by atoms with Crippen LogP contribution in [-0.2, 0) is 0 Å². The molecule has 0 bridgehead atoms. The lowest BCUT2D eigenvalue weighted by Crippen LogP contribution is -2.38. The van der Waals surface area contributed by atoms with Gasteiger partial charge in [0.15, 0.2) is 0 Å². The maximum absolute atomic E-state index is 12.7. The van der Waals surface area contributed by atoms with Gasteiger partial charge in [-0.25, -0.2) is 0 Å². The van der Waals surface area contributed by atoms with E-state index in [2.05, 4.69) is 46.4 Å². The molecule has 3 heterocycles. The van der Waals surface area contributed by atoms with Crippen LogP contribution >= 0.6 is 0 Å². The van der Waals surface area contributed by atoms with Gasteiger partial charge in [0.2, 0.25) is 0 Å². The average molecular weight is 364 g/mol. The summed E-state index contributed by atoms with van der Waals surface area (Å²) in [5, 5.41) is 3.40. The van der Waals surface area contributed by atoms with Crippen molar-refractivity contribution in [2.75, 3.05) is 36.4 Å². The third-order valence-electron chi connectivity index (χ3n) is 5.68. The molecular weight excluding hydrogens is 336 g/mol. The van der Waals surface area contributed by atoms with E-state index in [1.54, 1.807) is 6.20 Å². The number of hydrogen-bond acceptors (Lipinski definition) is 4. The Morgan fingerprint density at radius 1 is 1.00 bits per heavy atom. The maximum Gasteiger partial charge on any atom is 0.272 e. The molecule has 4 rings (SSSR count). The van der Waals surface area contributed by atoms with Gasteiger partial charge in [0, 0.05) is 49.4 Å². The number of carbonyl (C=O) groups excluding carboxylic acids is 1. The van der Waals surface area contributed by atoms with E-state index in [1.165, 1.54) is 18.5 Å². The molecule has 5 heteroatoms. The number of amides is 1. The van der Waals surface area contributed by atoms with Gasteiger partial charge in [0.05, 0.1) is 0 Å². The third kappa shape index (κ3) is 4.24. The van der Waals surface area contributed by atoms with Crippen molar-refractivity contribution in [2.45, 2.75) is 32.6 Å². The zero-order chi connectivity index (χ0) is 18.6. The van der Waals surface area contributed by atoms with E-state index in [0.717, 1.165) is 50.4 Å². The summed E-state index contributed by atoms with van der Waals surface area (Å²) in [7, 11) is 0. The first kappa shape index (κ1) is 17.8. The van der Waals surface area contributed by atoms with Gasteiger partial charge in [-0.1, -0.05) is 6.92 Å². The summed E-state index contributed by atoms with van der Waals surface area (Å²) in [6, 6.07) is 12.3. The van der Waals surface area contributed by atoms with Crippen LogP contribution in [0, 0.1) is 5.92 Å². The molecule has 2 aromatic rings. The number of pyridine rings is 1. The van der Waals surface area contributed by atoms with Gasteiger partial charge in [0.25, 0.3) is 5.91 Å². The second kappa shape index (κ2) is 7.99. The van der Waals surface area contributed by atoms with Crippen molar-refractivity contribution in [1.29, 1.82) is 0 Å². The number of anilines is 3. The molecule has 5 nitrogen and oxygen atoms in total. The number of carbonyl (C=O) groups is 1. The third-order valence-corrected chi connectivity index (χ3v) is 5.68. The van der Waals surface area contributed by atoms with E-state index in [4.69, 9.17) is 0 Å². The number of rotatable bonds is 4. The topological polar surface area (TPSA) is 48.5 Å².